The number of hydrogen-bond acceptors (Lipinski definition) is 6. The van der Waals surface area contributed by atoms with Crippen molar-refractivity contribution in [3.63, 3.8) is 0 Å². The topological polar surface area (TPSA) is 89.8 Å². The number of amides is 1. The summed E-state index contributed by atoms with van der Waals surface area (Å²) in [5.74, 6) is 1.03. The molecule has 0 saturated heterocycles. The Morgan fingerprint density at radius 3 is 2.59 bits per heavy atom. The molecule has 2 aromatic heterocycles. The first kappa shape index (κ1) is 24.5. The van der Waals surface area contributed by atoms with Gasteiger partial charge in [-0.25, -0.2) is 13.9 Å². The lowest BCUT2D eigenvalue weighted by atomic mass is 10.1. The van der Waals surface area contributed by atoms with Gasteiger partial charge in [0.15, 0.2) is 11.6 Å². The number of benzene rings is 2. The molecule has 6 bridgehead atoms. The molecule has 3 aliphatic heterocycles. The molecule has 2 N–H and O–H groups in total. The number of ether oxygens (including phenoxy) is 2. The molecule has 0 spiro atoms. The van der Waals surface area contributed by atoms with Crippen LogP contribution in [0.1, 0.15) is 38.5 Å². The van der Waals surface area contributed by atoms with Crippen molar-refractivity contribution in [2.75, 3.05) is 25.1 Å². The summed E-state index contributed by atoms with van der Waals surface area (Å²) < 4.78 is 28.0. The summed E-state index contributed by atoms with van der Waals surface area (Å²) >= 11 is 0. The molecule has 7 rings (SSSR count). The van der Waals surface area contributed by atoms with Crippen molar-refractivity contribution in [3.8, 4) is 22.8 Å². The van der Waals surface area contributed by atoms with Gasteiger partial charge < -0.3 is 20.1 Å². The quantitative estimate of drug-likeness (QED) is 0.329. The zero-order chi connectivity index (χ0) is 25.5. The highest BCUT2D eigenvalue weighted by Gasteiger charge is 2.12. The molecule has 9 heteroatoms. The summed E-state index contributed by atoms with van der Waals surface area (Å²) in [4.78, 5) is 16.4. The van der Waals surface area contributed by atoms with Gasteiger partial charge in [0, 0.05) is 24.2 Å². The number of fused-ring (bicyclic) bond motifs is 2. The minimum absolute atomic E-state index is 0.0572. The Hall–Kier alpha value is -4.14. The van der Waals surface area contributed by atoms with E-state index in [2.05, 4.69) is 20.7 Å². The van der Waals surface area contributed by atoms with E-state index in [4.69, 9.17) is 9.47 Å². The Labute approximate surface area is 214 Å². The summed E-state index contributed by atoms with van der Waals surface area (Å²) in [7, 11) is 0. The number of rotatable bonds is 0. The van der Waals surface area contributed by atoms with Crippen molar-refractivity contribution in [3.05, 3.63) is 66.6 Å². The van der Waals surface area contributed by atoms with Crippen LogP contribution in [0.5, 0.6) is 11.5 Å². The number of hydrogen-bond donors (Lipinski definition) is 2. The molecule has 4 aromatic rings. The predicted molar refractivity (Wildman–Crippen MR) is 140 cm³/mol. The maximum atomic E-state index is 14.8. The van der Waals surface area contributed by atoms with E-state index in [1.54, 1.807) is 16.8 Å². The standard InChI is InChI=1S/C28H30FN5O3/c29-24-18-20-7-14-26(24)37-16-4-2-1-3-6-27(35)30-15-5-17-36-23-11-8-21(9-12-23)32-28-31-19-22-10-13-25(20)34(22)33-28/h7-14,18-19H,1-6,15-17H2,(H,30,35)(H,32,33). The van der Waals surface area contributed by atoms with E-state index in [1.165, 1.54) is 6.07 Å². The smallest absolute Gasteiger partial charge is 0.245 e. The van der Waals surface area contributed by atoms with Crippen molar-refractivity contribution < 1.29 is 18.7 Å². The number of halogens is 1. The van der Waals surface area contributed by atoms with E-state index in [-0.39, 0.29) is 11.7 Å². The zero-order valence-corrected chi connectivity index (χ0v) is 20.6. The molecule has 0 radical (unpaired) electrons. The molecule has 0 unspecified atom stereocenters. The van der Waals surface area contributed by atoms with Crippen molar-refractivity contribution in [2.24, 2.45) is 0 Å². The highest BCUT2D eigenvalue weighted by atomic mass is 19.1. The first-order valence-electron chi connectivity index (χ1n) is 12.7. The van der Waals surface area contributed by atoms with E-state index in [9.17, 15) is 9.18 Å². The van der Waals surface area contributed by atoms with E-state index in [1.807, 2.05) is 42.5 Å². The second kappa shape index (κ2) is 11.7. The third-order valence-electron chi connectivity index (χ3n) is 6.20. The van der Waals surface area contributed by atoms with E-state index < -0.39 is 5.82 Å². The van der Waals surface area contributed by atoms with Crippen LogP contribution in [0, 0.1) is 5.82 Å². The fraction of sp³-hybridized carbons (Fsp3) is 0.321. The highest BCUT2D eigenvalue weighted by molar-refractivity contribution is 5.75. The lowest BCUT2D eigenvalue weighted by molar-refractivity contribution is -0.121. The molecule has 0 aliphatic carbocycles. The number of anilines is 2. The number of nitrogens with one attached hydrogen (secondary N) is 2. The van der Waals surface area contributed by atoms with Gasteiger partial charge in [0.1, 0.15) is 5.75 Å². The first-order valence-corrected chi connectivity index (χ1v) is 12.7. The van der Waals surface area contributed by atoms with E-state index in [0.717, 1.165) is 54.8 Å². The maximum Gasteiger partial charge on any atom is 0.245 e. The summed E-state index contributed by atoms with van der Waals surface area (Å²) in [5, 5.41) is 10.8. The van der Waals surface area contributed by atoms with Crippen LogP contribution in [0.15, 0.2) is 60.8 Å². The molecule has 1 amide bonds. The van der Waals surface area contributed by atoms with Crippen LogP contribution in [0.2, 0.25) is 0 Å². The Morgan fingerprint density at radius 1 is 0.892 bits per heavy atom. The van der Waals surface area contributed by atoms with Crippen LogP contribution in [-0.2, 0) is 4.79 Å². The minimum atomic E-state index is -0.416. The Balaban J connectivity index is 1.36. The van der Waals surface area contributed by atoms with Gasteiger partial charge in [-0.1, -0.05) is 12.8 Å². The molecule has 5 heterocycles. The molecule has 8 nitrogen and oxygen atoms in total. The second-order valence-corrected chi connectivity index (χ2v) is 9.00. The van der Waals surface area contributed by atoms with Crippen LogP contribution < -0.4 is 20.1 Å². The molecule has 0 atom stereocenters. The molecular formula is C28H30FN5O3. The minimum Gasteiger partial charge on any atom is -0.494 e. The average molecular weight is 504 g/mol. The van der Waals surface area contributed by atoms with Crippen molar-refractivity contribution in [1.82, 2.24) is 19.9 Å². The third-order valence-corrected chi connectivity index (χ3v) is 6.20. The van der Waals surface area contributed by atoms with Crippen LogP contribution in [-0.4, -0.2) is 40.3 Å². The van der Waals surface area contributed by atoms with Crippen molar-refractivity contribution in [1.29, 1.82) is 0 Å². The fourth-order valence-corrected chi connectivity index (χ4v) is 4.22. The Kier molecular flexibility index (Phi) is 7.78. The highest BCUT2D eigenvalue weighted by Crippen LogP contribution is 2.28. The number of nitrogens with zero attached hydrogens (tertiary/aromatic N) is 3. The summed E-state index contributed by atoms with van der Waals surface area (Å²) in [6.07, 6.45) is 6.43. The van der Waals surface area contributed by atoms with Crippen molar-refractivity contribution in [2.45, 2.75) is 38.5 Å². The van der Waals surface area contributed by atoms with Gasteiger partial charge in [-0.2, -0.15) is 0 Å². The van der Waals surface area contributed by atoms with Crippen molar-refractivity contribution >= 4 is 23.1 Å². The largest absolute Gasteiger partial charge is 0.494 e. The Bertz CT molecular complexity index is 1360. The normalized spacial score (nSPS) is 15.6. The summed E-state index contributed by atoms with van der Waals surface area (Å²) in [6.45, 7) is 1.53. The fourth-order valence-electron chi connectivity index (χ4n) is 4.22. The lowest BCUT2D eigenvalue weighted by Crippen LogP contribution is -2.25. The molecule has 192 valence electrons. The summed E-state index contributed by atoms with van der Waals surface area (Å²) in [5.41, 5.74) is 3.05. The lowest BCUT2D eigenvalue weighted by Gasteiger charge is -2.11. The first-order chi connectivity index (χ1) is 18.2. The van der Waals surface area contributed by atoms with Crippen LogP contribution in [0.3, 0.4) is 0 Å². The molecule has 2 aromatic carbocycles. The number of carbonyl (C=O) groups excluding carboxylic acids is 1. The van der Waals surface area contributed by atoms with Gasteiger partial charge in [-0.15, -0.1) is 5.10 Å². The van der Waals surface area contributed by atoms with Gasteiger partial charge >= 0.3 is 0 Å². The van der Waals surface area contributed by atoms with Gasteiger partial charge in [-0.05, 0) is 73.9 Å². The molecular weight excluding hydrogens is 473 g/mol. The van der Waals surface area contributed by atoms with Crippen LogP contribution >= 0.6 is 0 Å². The van der Waals surface area contributed by atoms with Gasteiger partial charge in [-0.3, -0.25) is 4.79 Å². The number of carbonyl (C=O) groups is 1. The van der Waals surface area contributed by atoms with E-state index >= 15 is 0 Å². The monoisotopic (exact) mass is 503 g/mol. The third kappa shape index (κ3) is 6.35. The molecule has 3 aliphatic rings. The molecule has 0 fully saturated rings. The van der Waals surface area contributed by atoms with E-state index in [0.29, 0.717) is 37.7 Å². The molecule has 37 heavy (non-hydrogen) atoms. The van der Waals surface area contributed by atoms with Crippen LogP contribution in [0.4, 0.5) is 16.0 Å². The van der Waals surface area contributed by atoms with Gasteiger partial charge in [0.05, 0.1) is 30.6 Å². The summed E-state index contributed by atoms with van der Waals surface area (Å²) in [6, 6.07) is 16.3. The maximum absolute atomic E-state index is 14.8. The average Bonchev–Trinajstić information content (AvgIpc) is 3.32. The van der Waals surface area contributed by atoms with Gasteiger partial charge in [0.2, 0.25) is 11.9 Å². The predicted octanol–water partition coefficient (Wildman–Crippen LogP) is 5.51. The Morgan fingerprint density at radius 2 is 1.73 bits per heavy atom. The van der Waals surface area contributed by atoms with Gasteiger partial charge in [0.25, 0.3) is 0 Å². The zero-order valence-electron chi connectivity index (χ0n) is 20.6. The molecule has 0 saturated carbocycles. The number of aromatic nitrogens is 3. The SMILES string of the molecule is O=C1CCCCCCOc2ccc(cc2F)-c2ccc3cnc(nn23)Nc2ccc(cc2)OCCCN1. The second-order valence-electron chi connectivity index (χ2n) is 9.00. The van der Waals surface area contributed by atoms with Crippen LogP contribution in [0.25, 0.3) is 16.8 Å².